The van der Waals surface area contributed by atoms with Gasteiger partial charge in [0, 0.05) is 12.6 Å². The van der Waals surface area contributed by atoms with E-state index in [1.54, 1.807) is 6.07 Å². The van der Waals surface area contributed by atoms with E-state index in [9.17, 15) is 9.18 Å². The first-order valence-electron chi connectivity index (χ1n) is 6.65. The third-order valence-electron chi connectivity index (χ3n) is 3.77. The SMILES string of the molecule is CC1CC1Cn1c(SCC(=O)O)nc2cc(F)c(Br)cc21. The number of fused-ring (bicyclic) bond motifs is 1. The molecule has 3 rings (SSSR count). The van der Waals surface area contributed by atoms with Crippen LogP contribution < -0.4 is 0 Å². The van der Waals surface area contributed by atoms with Crippen LogP contribution in [0.3, 0.4) is 0 Å². The third-order valence-corrected chi connectivity index (χ3v) is 5.34. The zero-order valence-corrected chi connectivity index (χ0v) is 13.7. The second-order valence-electron chi connectivity index (χ2n) is 5.42. The Bertz CT molecular complexity index is 719. The van der Waals surface area contributed by atoms with E-state index >= 15 is 0 Å². The monoisotopic (exact) mass is 372 g/mol. The number of nitrogens with zero attached hydrogens (tertiary/aromatic N) is 2. The zero-order chi connectivity index (χ0) is 15.1. The van der Waals surface area contributed by atoms with Crippen molar-refractivity contribution in [1.29, 1.82) is 0 Å². The van der Waals surface area contributed by atoms with Crippen molar-refractivity contribution in [3.05, 3.63) is 22.4 Å². The molecule has 2 unspecified atom stereocenters. The second-order valence-corrected chi connectivity index (χ2v) is 7.21. The largest absolute Gasteiger partial charge is 0.481 e. The van der Waals surface area contributed by atoms with Crippen molar-refractivity contribution in [2.75, 3.05) is 5.75 Å². The Morgan fingerprint density at radius 3 is 2.95 bits per heavy atom. The number of thioether (sulfide) groups is 1. The van der Waals surface area contributed by atoms with Gasteiger partial charge >= 0.3 is 5.97 Å². The summed E-state index contributed by atoms with van der Waals surface area (Å²) in [6.45, 7) is 3.00. The number of halogens is 2. The number of benzene rings is 1. The van der Waals surface area contributed by atoms with Crippen LogP contribution in [0.5, 0.6) is 0 Å². The molecule has 1 aliphatic rings. The molecule has 1 N–H and O–H groups in total. The van der Waals surface area contributed by atoms with Gasteiger partial charge in [0.2, 0.25) is 0 Å². The zero-order valence-electron chi connectivity index (χ0n) is 11.3. The molecule has 1 aromatic carbocycles. The second kappa shape index (κ2) is 5.61. The molecule has 0 amide bonds. The van der Waals surface area contributed by atoms with Gasteiger partial charge < -0.3 is 9.67 Å². The summed E-state index contributed by atoms with van der Waals surface area (Å²) >= 11 is 4.38. The first-order chi connectivity index (χ1) is 9.95. The summed E-state index contributed by atoms with van der Waals surface area (Å²) in [5, 5.41) is 9.48. The molecule has 0 radical (unpaired) electrons. The number of hydrogen-bond acceptors (Lipinski definition) is 3. The minimum atomic E-state index is -0.884. The first-order valence-corrected chi connectivity index (χ1v) is 8.43. The number of aromatic nitrogens is 2. The van der Waals surface area contributed by atoms with Gasteiger partial charge in [-0.15, -0.1) is 0 Å². The molecular formula is C14H14BrFN2O2S. The van der Waals surface area contributed by atoms with Crippen LogP contribution in [0.4, 0.5) is 4.39 Å². The summed E-state index contributed by atoms with van der Waals surface area (Å²) in [6.07, 6.45) is 1.17. The fourth-order valence-corrected chi connectivity index (χ4v) is 3.47. The van der Waals surface area contributed by atoms with E-state index in [0.717, 1.165) is 12.1 Å². The summed E-state index contributed by atoms with van der Waals surface area (Å²) in [5.74, 6) is -0.0146. The van der Waals surface area contributed by atoms with Gasteiger partial charge in [0.25, 0.3) is 0 Å². The molecule has 2 atom stereocenters. The quantitative estimate of drug-likeness (QED) is 0.811. The van der Waals surface area contributed by atoms with E-state index < -0.39 is 5.97 Å². The Kier molecular flexibility index (Phi) is 3.96. The lowest BCUT2D eigenvalue weighted by molar-refractivity contribution is -0.133. The van der Waals surface area contributed by atoms with Crippen molar-refractivity contribution in [1.82, 2.24) is 9.55 Å². The molecule has 1 saturated carbocycles. The normalized spacial score (nSPS) is 20.9. The minimum absolute atomic E-state index is 0.0484. The third kappa shape index (κ3) is 3.08. The maximum absolute atomic E-state index is 13.6. The van der Waals surface area contributed by atoms with E-state index in [4.69, 9.17) is 5.11 Å². The number of rotatable bonds is 5. The topological polar surface area (TPSA) is 55.1 Å². The lowest BCUT2D eigenvalue weighted by atomic mass is 10.3. The number of imidazole rings is 1. The van der Waals surface area contributed by atoms with E-state index in [-0.39, 0.29) is 11.6 Å². The maximum atomic E-state index is 13.6. The van der Waals surface area contributed by atoms with Gasteiger partial charge in [-0.25, -0.2) is 9.37 Å². The van der Waals surface area contributed by atoms with Crippen LogP contribution in [0.15, 0.2) is 21.8 Å². The lowest BCUT2D eigenvalue weighted by Crippen LogP contribution is -2.05. The van der Waals surface area contributed by atoms with Gasteiger partial charge in [0.05, 0.1) is 21.3 Å². The smallest absolute Gasteiger partial charge is 0.313 e. The Labute approximate surface area is 133 Å². The molecule has 1 heterocycles. The highest BCUT2D eigenvalue weighted by atomic mass is 79.9. The maximum Gasteiger partial charge on any atom is 0.313 e. The number of aliphatic carboxylic acids is 1. The Balaban J connectivity index is 2.01. The Morgan fingerprint density at radius 1 is 1.62 bits per heavy atom. The van der Waals surface area contributed by atoms with Crippen LogP contribution in [0.25, 0.3) is 11.0 Å². The molecular weight excluding hydrogens is 359 g/mol. The number of carboxylic acids is 1. The summed E-state index contributed by atoms with van der Waals surface area (Å²) in [4.78, 5) is 15.2. The molecule has 0 bridgehead atoms. The van der Waals surface area contributed by atoms with E-state index in [1.807, 2.05) is 4.57 Å². The van der Waals surface area contributed by atoms with Gasteiger partial charge in [-0.2, -0.15) is 0 Å². The van der Waals surface area contributed by atoms with Gasteiger partial charge in [0.1, 0.15) is 5.82 Å². The minimum Gasteiger partial charge on any atom is -0.481 e. The van der Waals surface area contributed by atoms with Crippen molar-refractivity contribution >= 4 is 44.7 Å². The Morgan fingerprint density at radius 2 is 2.33 bits per heavy atom. The van der Waals surface area contributed by atoms with Crippen LogP contribution in [0.2, 0.25) is 0 Å². The molecule has 4 nitrogen and oxygen atoms in total. The summed E-state index contributed by atoms with van der Waals surface area (Å²) in [6, 6.07) is 3.10. The highest BCUT2D eigenvalue weighted by Crippen LogP contribution is 2.41. The average molecular weight is 373 g/mol. The van der Waals surface area contributed by atoms with E-state index in [2.05, 4.69) is 27.8 Å². The number of hydrogen-bond donors (Lipinski definition) is 1. The van der Waals surface area contributed by atoms with E-state index in [0.29, 0.717) is 27.0 Å². The molecule has 0 aliphatic heterocycles. The van der Waals surface area contributed by atoms with Crippen LogP contribution in [-0.4, -0.2) is 26.4 Å². The van der Waals surface area contributed by atoms with Crippen LogP contribution in [0.1, 0.15) is 13.3 Å². The van der Waals surface area contributed by atoms with Crippen molar-refractivity contribution in [2.24, 2.45) is 11.8 Å². The average Bonchev–Trinajstić information content (AvgIpc) is 3.01. The molecule has 2 aromatic rings. The fourth-order valence-electron chi connectivity index (χ4n) is 2.40. The van der Waals surface area contributed by atoms with Crippen LogP contribution >= 0.6 is 27.7 Å². The molecule has 21 heavy (non-hydrogen) atoms. The molecule has 1 fully saturated rings. The summed E-state index contributed by atoms with van der Waals surface area (Å²) in [5.41, 5.74) is 1.41. The summed E-state index contributed by atoms with van der Waals surface area (Å²) in [7, 11) is 0. The molecule has 1 aromatic heterocycles. The van der Waals surface area contributed by atoms with Gasteiger partial charge in [-0.1, -0.05) is 18.7 Å². The fraction of sp³-hybridized carbons (Fsp3) is 0.429. The van der Waals surface area contributed by atoms with Crippen LogP contribution in [0, 0.1) is 17.7 Å². The number of carbonyl (C=O) groups is 1. The van der Waals surface area contributed by atoms with Crippen molar-refractivity contribution in [2.45, 2.75) is 25.0 Å². The molecule has 112 valence electrons. The first kappa shape index (κ1) is 14.8. The van der Waals surface area contributed by atoms with Gasteiger partial charge in [0.15, 0.2) is 5.16 Å². The van der Waals surface area contributed by atoms with Gasteiger partial charge in [-0.3, -0.25) is 4.79 Å². The molecule has 1 aliphatic carbocycles. The standard InChI is InChI=1S/C14H14BrFN2O2S/c1-7-2-8(7)5-18-12-3-9(15)10(16)4-11(12)17-14(18)21-6-13(19)20/h3-4,7-8H,2,5-6H2,1H3,(H,19,20). The number of carboxylic acid groups (broad SMARTS) is 1. The van der Waals surface area contributed by atoms with E-state index in [1.165, 1.54) is 24.2 Å². The summed E-state index contributed by atoms with van der Waals surface area (Å²) < 4.78 is 16.1. The van der Waals surface area contributed by atoms with Crippen LogP contribution in [-0.2, 0) is 11.3 Å². The highest BCUT2D eigenvalue weighted by Gasteiger charge is 2.33. The predicted octanol–water partition coefficient (Wildman–Crippen LogP) is 3.77. The molecule has 0 spiro atoms. The van der Waals surface area contributed by atoms with Crippen molar-refractivity contribution in [3.63, 3.8) is 0 Å². The molecule has 0 saturated heterocycles. The van der Waals surface area contributed by atoms with Crippen molar-refractivity contribution < 1.29 is 14.3 Å². The highest BCUT2D eigenvalue weighted by molar-refractivity contribution is 9.10. The lowest BCUT2D eigenvalue weighted by Gasteiger charge is -2.08. The molecule has 7 heteroatoms. The van der Waals surface area contributed by atoms with Gasteiger partial charge in [-0.05, 0) is 40.3 Å². The predicted molar refractivity (Wildman–Crippen MR) is 83.0 cm³/mol. The van der Waals surface area contributed by atoms with Crippen molar-refractivity contribution in [3.8, 4) is 0 Å². The Hall–Kier alpha value is -1.08.